The van der Waals surface area contributed by atoms with Crippen LogP contribution in [0.25, 0.3) is 0 Å². The Morgan fingerprint density at radius 2 is 2.00 bits per heavy atom. The van der Waals surface area contributed by atoms with Crippen molar-refractivity contribution in [1.82, 2.24) is 9.80 Å². The van der Waals surface area contributed by atoms with Gasteiger partial charge in [-0.1, -0.05) is 6.07 Å². The number of aryl methyl sites for hydroxylation is 1. The van der Waals surface area contributed by atoms with Crippen molar-refractivity contribution in [2.45, 2.75) is 25.8 Å². The molecule has 20 heavy (non-hydrogen) atoms. The molecule has 1 heterocycles. The first-order valence-corrected chi connectivity index (χ1v) is 7.35. The molecule has 0 bridgehead atoms. The van der Waals surface area contributed by atoms with Gasteiger partial charge in [0.2, 0.25) is 5.91 Å². The lowest BCUT2D eigenvalue weighted by Crippen LogP contribution is -2.48. The third-order valence-electron chi connectivity index (χ3n) is 4.60. The van der Waals surface area contributed by atoms with Gasteiger partial charge in [-0.15, -0.1) is 0 Å². The number of ether oxygens (including phenoxy) is 1. The fourth-order valence-electron chi connectivity index (χ4n) is 3.41. The Morgan fingerprint density at radius 3 is 2.65 bits per heavy atom. The molecule has 1 fully saturated rings. The lowest BCUT2D eigenvalue weighted by molar-refractivity contribution is -0.130. The molecule has 0 spiro atoms. The zero-order valence-corrected chi connectivity index (χ0v) is 12.3. The number of carbonyl (C=O) groups is 1. The number of hydrogen-bond acceptors (Lipinski definition) is 3. The minimum atomic E-state index is 0.193. The Kier molecular flexibility index (Phi) is 3.66. The van der Waals surface area contributed by atoms with Crippen molar-refractivity contribution in [1.29, 1.82) is 0 Å². The van der Waals surface area contributed by atoms with Gasteiger partial charge in [0.1, 0.15) is 5.75 Å². The molecule has 0 aromatic heterocycles. The van der Waals surface area contributed by atoms with Crippen molar-refractivity contribution < 1.29 is 9.53 Å². The number of methoxy groups -OCH3 is 1. The molecule has 1 atom stereocenters. The van der Waals surface area contributed by atoms with Gasteiger partial charge < -0.3 is 9.64 Å². The lowest BCUT2D eigenvalue weighted by atomic mass is 10.1. The summed E-state index contributed by atoms with van der Waals surface area (Å²) >= 11 is 0. The molecular weight excluding hydrogens is 252 g/mol. The molecule has 3 rings (SSSR count). The lowest BCUT2D eigenvalue weighted by Gasteiger charge is -2.38. The summed E-state index contributed by atoms with van der Waals surface area (Å²) < 4.78 is 5.35. The highest BCUT2D eigenvalue weighted by Gasteiger charge is 2.30. The van der Waals surface area contributed by atoms with E-state index in [0.29, 0.717) is 6.04 Å². The quantitative estimate of drug-likeness (QED) is 0.825. The minimum Gasteiger partial charge on any atom is -0.497 e. The standard InChI is InChI=1S/C16H22N2O2/c1-12(19)17-7-9-18(10-8-17)16-6-4-13-3-5-14(20-2)11-15(13)16/h3,5,11,16H,4,6-10H2,1-2H3/t16-/m0/s1. The summed E-state index contributed by atoms with van der Waals surface area (Å²) in [6.07, 6.45) is 2.33. The van der Waals surface area contributed by atoms with Crippen molar-refractivity contribution in [3.05, 3.63) is 29.3 Å². The monoisotopic (exact) mass is 274 g/mol. The van der Waals surface area contributed by atoms with E-state index in [9.17, 15) is 4.79 Å². The summed E-state index contributed by atoms with van der Waals surface area (Å²) in [4.78, 5) is 15.9. The Balaban J connectivity index is 1.73. The molecule has 0 saturated carbocycles. The van der Waals surface area contributed by atoms with Crippen molar-refractivity contribution in [2.24, 2.45) is 0 Å². The SMILES string of the molecule is COc1ccc2c(c1)[C@@H](N1CCN(C(C)=O)CC1)CC2. The van der Waals surface area contributed by atoms with E-state index in [0.717, 1.165) is 38.3 Å². The third-order valence-corrected chi connectivity index (χ3v) is 4.60. The molecule has 1 saturated heterocycles. The molecule has 4 nitrogen and oxygen atoms in total. The second-order valence-corrected chi connectivity index (χ2v) is 5.66. The summed E-state index contributed by atoms with van der Waals surface area (Å²) in [6, 6.07) is 6.92. The largest absolute Gasteiger partial charge is 0.497 e. The first-order valence-electron chi connectivity index (χ1n) is 7.35. The molecule has 0 unspecified atom stereocenters. The third kappa shape index (κ3) is 2.40. The van der Waals surface area contributed by atoms with Crippen LogP contribution in [-0.2, 0) is 11.2 Å². The van der Waals surface area contributed by atoms with E-state index >= 15 is 0 Å². The predicted molar refractivity (Wildman–Crippen MR) is 77.9 cm³/mol. The molecule has 108 valence electrons. The molecule has 1 aromatic rings. The van der Waals surface area contributed by atoms with Crippen LogP contribution in [0.5, 0.6) is 5.75 Å². The summed E-state index contributed by atoms with van der Waals surface area (Å²) in [7, 11) is 1.72. The Hall–Kier alpha value is -1.55. The highest BCUT2D eigenvalue weighted by molar-refractivity contribution is 5.73. The van der Waals surface area contributed by atoms with Crippen LogP contribution >= 0.6 is 0 Å². The summed E-state index contributed by atoms with van der Waals surface area (Å²) in [5.74, 6) is 1.14. The average Bonchev–Trinajstić information content (AvgIpc) is 2.90. The number of benzene rings is 1. The van der Waals surface area contributed by atoms with Crippen LogP contribution in [0, 0.1) is 0 Å². The molecule has 1 aromatic carbocycles. The van der Waals surface area contributed by atoms with Crippen LogP contribution in [-0.4, -0.2) is 49.0 Å². The Morgan fingerprint density at radius 1 is 1.25 bits per heavy atom. The molecule has 2 aliphatic rings. The molecular formula is C16H22N2O2. The molecule has 0 N–H and O–H groups in total. The second-order valence-electron chi connectivity index (χ2n) is 5.66. The predicted octanol–water partition coefficient (Wildman–Crippen LogP) is 1.85. The highest BCUT2D eigenvalue weighted by atomic mass is 16.5. The average molecular weight is 274 g/mol. The fourth-order valence-corrected chi connectivity index (χ4v) is 3.41. The van der Waals surface area contributed by atoms with E-state index < -0.39 is 0 Å². The van der Waals surface area contributed by atoms with Crippen LogP contribution in [0.3, 0.4) is 0 Å². The summed E-state index contributed by atoms with van der Waals surface area (Å²) in [5, 5.41) is 0. The van der Waals surface area contributed by atoms with E-state index in [1.165, 1.54) is 17.5 Å². The Labute approximate surface area is 120 Å². The fraction of sp³-hybridized carbons (Fsp3) is 0.562. The topological polar surface area (TPSA) is 32.8 Å². The highest BCUT2D eigenvalue weighted by Crippen LogP contribution is 2.38. The van der Waals surface area contributed by atoms with Gasteiger partial charge in [-0.05, 0) is 36.1 Å². The van der Waals surface area contributed by atoms with Gasteiger partial charge in [-0.2, -0.15) is 0 Å². The minimum absolute atomic E-state index is 0.193. The smallest absolute Gasteiger partial charge is 0.219 e. The van der Waals surface area contributed by atoms with Crippen LogP contribution in [0.2, 0.25) is 0 Å². The molecule has 1 aliphatic carbocycles. The Bertz CT molecular complexity index is 507. The maximum absolute atomic E-state index is 11.4. The van der Waals surface area contributed by atoms with E-state index in [1.54, 1.807) is 14.0 Å². The van der Waals surface area contributed by atoms with Gasteiger partial charge in [0.05, 0.1) is 7.11 Å². The first kappa shape index (κ1) is 13.4. The normalized spacial score (nSPS) is 22.7. The summed E-state index contributed by atoms with van der Waals surface area (Å²) in [6.45, 7) is 5.31. The number of rotatable bonds is 2. The van der Waals surface area contributed by atoms with Crippen LogP contribution < -0.4 is 4.74 Å². The van der Waals surface area contributed by atoms with Crippen molar-refractivity contribution in [3.8, 4) is 5.75 Å². The molecule has 0 radical (unpaired) electrons. The van der Waals surface area contributed by atoms with Gasteiger partial charge in [-0.25, -0.2) is 0 Å². The maximum Gasteiger partial charge on any atom is 0.219 e. The second kappa shape index (κ2) is 5.44. The van der Waals surface area contributed by atoms with Crippen molar-refractivity contribution in [2.75, 3.05) is 33.3 Å². The zero-order valence-electron chi connectivity index (χ0n) is 12.3. The molecule has 1 amide bonds. The first-order chi connectivity index (χ1) is 9.69. The van der Waals surface area contributed by atoms with Crippen molar-refractivity contribution in [3.63, 3.8) is 0 Å². The van der Waals surface area contributed by atoms with Crippen molar-refractivity contribution >= 4 is 5.91 Å². The number of carbonyl (C=O) groups excluding carboxylic acids is 1. The van der Waals surface area contributed by atoms with Crippen LogP contribution in [0.15, 0.2) is 18.2 Å². The van der Waals surface area contributed by atoms with Crippen LogP contribution in [0.1, 0.15) is 30.5 Å². The number of piperazine rings is 1. The van der Waals surface area contributed by atoms with E-state index in [4.69, 9.17) is 4.74 Å². The number of hydrogen-bond donors (Lipinski definition) is 0. The van der Waals surface area contributed by atoms with Gasteiger partial charge in [0, 0.05) is 39.1 Å². The molecule has 1 aliphatic heterocycles. The number of fused-ring (bicyclic) bond motifs is 1. The summed E-state index contributed by atoms with van der Waals surface area (Å²) in [5.41, 5.74) is 2.87. The van der Waals surface area contributed by atoms with Gasteiger partial charge in [-0.3, -0.25) is 9.69 Å². The number of amides is 1. The van der Waals surface area contributed by atoms with E-state index in [1.807, 2.05) is 4.90 Å². The van der Waals surface area contributed by atoms with Gasteiger partial charge >= 0.3 is 0 Å². The van der Waals surface area contributed by atoms with E-state index in [-0.39, 0.29) is 5.91 Å². The maximum atomic E-state index is 11.4. The van der Waals surface area contributed by atoms with Crippen LogP contribution in [0.4, 0.5) is 0 Å². The molecule has 4 heteroatoms. The van der Waals surface area contributed by atoms with Gasteiger partial charge in [0.25, 0.3) is 0 Å². The van der Waals surface area contributed by atoms with Gasteiger partial charge in [0.15, 0.2) is 0 Å². The zero-order chi connectivity index (χ0) is 14.1. The number of nitrogens with zero attached hydrogens (tertiary/aromatic N) is 2. The van der Waals surface area contributed by atoms with E-state index in [2.05, 4.69) is 23.1 Å².